The van der Waals surface area contributed by atoms with E-state index in [1.54, 1.807) is 13.8 Å². The van der Waals surface area contributed by atoms with Crippen LogP contribution in [0.5, 0.6) is 0 Å². The Morgan fingerprint density at radius 2 is 1.79 bits per heavy atom. The molecular weight excluding hydrogens is 244 g/mol. The van der Waals surface area contributed by atoms with E-state index in [9.17, 15) is 9.59 Å². The van der Waals surface area contributed by atoms with Crippen LogP contribution in [-0.2, 0) is 4.79 Å². The van der Waals surface area contributed by atoms with Gasteiger partial charge in [-0.15, -0.1) is 0 Å². The van der Waals surface area contributed by atoms with Crippen LogP contribution in [0.1, 0.15) is 52.9 Å². The zero-order chi connectivity index (χ0) is 14.5. The minimum absolute atomic E-state index is 0.131. The lowest BCUT2D eigenvalue weighted by molar-refractivity contribution is -0.140. The first-order chi connectivity index (χ1) is 8.84. The summed E-state index contributed by atoms with van der Waals surface area (Å²) in [6.45, 7) is 6.36. The van der Waals surface area contributed by atoms with Gasteiger partial charge in [0.2, 0.25) is 0 Å². The van der Waals surface area contributed by atoms with E-state index in [0.717, 1.165) is 12.8 Å². The van der Waals surface area contributed by atoms with Crippen LogP contribution in [-0.4, -0.2) is 29.7 Å². The quantitative estimate of drug-likeness (QED) is 0.717. The highest BCUT2D eigenvalue weighted by Gasteiger charge is 2.28. The van der Waals surface area contributed by atoms with E-state index in [0.29, 0.717) is 6.54 Å². The number of aliphatic carboxylic acids is 1. The summed E-state index contributed by atoms with van der Waals surface area (Å²) in [5.41, 5.74) is 0.159. The van der Waals surface area contributed by atoms with Crippen molar-refractivity contribution in [2.45, 2.75) is 58.9 Å². The molecule has 0 aromatic heterocycles. The average molecular weight is 270 g/mol. The maximum atomic E-state index is 11.8. The van der Waals surface area contributed by atoms with Gasteiger partial charge in [-0.2, -0.15) is 0 Å². The molecule has 0 aromatic rings. The number of carboxylic acids is 1. The third-order valence-corrected chi connectivity index (χ3v) is 3.96. The average Bonchev–Trinajstić information content (AvgIpc) is 2.34. The van der Waals surface area contributed by atoms with Crippen molar-refractivity contribution in [3.63, 3.8) is 0 Å². The molecule has 0 unspecified atom stereocenters. The van der Waals surface area contributed by atoms with Gasteiger partial charge < -0.3 is 15.7 Å². The second kappa shape index (κ2) is 6.78. The zero-order valence-corrected chi connectivity index (χ0v) is 12.2. The van der Waals surface area contributed by atoms with Crippen molar-refractivity contribution in [1.82, 2.24) is 10.6 Å². The molecular formula is C14H26N2O3. The lowest BCUT2D eigenvalue weighted by atomic mass is 9.76. The normalized spacial score (nSPS) is 19.8. The Labute approximate surface area is 115 Å². The predicted octanol–water partition coefficient (Wildman–Crippen LogP) is 2.37. The fourth-order valence-electron chi connectivity index (χ4n) is 2.58. The summed E-state index contributed by atoms with van der Waals surface area (Å²) in [6.07, 6.45) is 5.95. The Morgan fingerprint density at radius 1 is 1.21 bits per heavy atom. The van der Waals surface area contributed by atoms with E-state index in [1.807, 2.05) is 0 Å². The van der Waals surface area contributed by atoms with Gasteiger partial charge >= 0.3 is 12.0 Å². The van der Waals surface area contributed by atoms with Crippen molar-refractivity contribution in [3.05, 3.63) is 0 Å². The molecule has 0 radical (unpaired) electrons. The monoisotopic (exact) mass is 270 g/mol. The molecule has 1 rings (SSSR count). The van der Waals surface area contributed by atoms with Gasteiger partial charge in [0.1, 0.15) is 6.04 Å². The summed E-state index contributed by atoms with van der Waals surface area (Å²) in [5, 5.41) is 14.4. The predicted molar refractivity (Wildman–Crippen MR) is 74.0 cm³/mol. The third-order valence-electron chi connectivity index (χ3n) is 3.96. The van der Waals surface area contributed by atoms with Gasteiger partial charge in [0, 0.05) is 6.54 Å². The summed E-state index contributed by atoms with van der Waals surface area (Å²) in [5.74, 6) is -1.12. The maximum absolute atomic E-state index is 11.8. The SMILES string of the molecule is CC(C)[C@H](NC(=O)NCC1(C)CCCCC1)C(=O)O. The summed E-state index contributed by atoms with van der Waals surface area (Å²) in [4.78, 5) is 22.8. The van der Waals surface area contributed by atoms with Gasteiger partial charge in [-0.25, -0.2) is 9.59 Å². The number of hydrogen-bond donors (Lipinski definition) is 3. The number of rotatable bonds is 5. The smallest absolute Gasteiger partial charge is 0.326 e. The van der Waals surface area contributed by atoms with Crippen LogP contribution in [0.4, 0.5) is 4.79 Å². The van der Waals surface area contributed by atoms with E-state index in [-0.39, 0.29) is 17.4 Å². The van der Waals surface area contributed by atoms with Gasteiger partial charge in [-0.1, -0.05) is 40.0 Å². The molecule has 1 aliphatic rings. The van der Waals surface area contributed by atoms with Crippen LogP contribution in [0.2, 0.25) is 0 Å². The van der Waals surface area contributed by atoms with Crippen molar-refractivity contribution >= 4 is 12.0 Å². The molecule has 0 spiro atoms. The summed E-state index contributed by atoms with van der Waals surface area (Å²) >= 11 is 0. The molecule has 3 N–H and O–H groups in total. The minimum atomic E-state index is -0.992. The molecule has 1 saturated carbocycles. The van der Waals surface area contributed by atoms with Crippen molar-refractivity contribution in [2.24, 2.45) is 11.3 Å². The van der Waals surface area contributed by atoms with Gasteiger partial charge in [0.25, 0.3) is 0 Å². The molecule has 5 nitrogen and oxygen atoms in total. The van der Waals surface area contributed by atoms with E-state index in [1.165, 1.54) is 19.3 Å². The molecule has 110 valence electrons. The highest BCUT2D eigenvalue weighted by molar-refractivity contribution is 5.82. The maximum Gasteiger partial charge on any atom is 0.326 e. The van der Waals surface area contributed by atoms with Crippen molar-refractivity contribution in [1.29, 1.82) is 0 Å². The molecule has 0 bridgehead atoms. The number of hydrogen-bond acceptors (Lipinski definition) is 2. The number of carbonyl (C=O) groups excluding carboxylic acids is 1. The number of carbonyl (C=O) groups is 2. The Morgan fingerprint density at radius 3 is 2.26 bits per heavy atom. The topological polar surface area (TPSA) is 78.4 Å². The van der Waals surface area contributed by atoms with Gasteiger partial charge in [0.15, 0.2) is 0 Å². The highest BCUT2D eigenvalue weighted by Crippen LogP contribution is 2.34. The van der Waals surface area contributed by atoms with Gasteiger partial charge in [0.05, 0.1) is 0 Å². The standard InChI is InChI=1S/C14H26N2O3/c1-10(2)11(12(17)18)16-13(19)15-9-14(3)7-5-4-6-8-14/h10-11H,4-9H2,1-3H3,(H,17,18)(H2,15,16,19)/t11-/m0/s1. The molecule has 19 heavy (non-hydrogen) atoms. The molecule has 2 amide bonds. The van der Waals surface area contributed by atoms with Gasteiger partial charge in [-0.05, 0) is 24.2 Å². The van der Waals surface area contributed by atoms with Crippen LogP contribution in [0, 0.1) is 11.3 Å². The third kappa shape index (κ3) is 5.09. The van der Waals surface area contributed by atoms with Crippen LogP contribution >= 0.6 is 0 Å². The Kier molecular flexibility index (Phi) is 5.63. The Balaban J connectivity index is 2.40. The molecule has 0 aromatic carbocycles. The fourth-order valence-corrected chi connectivity index (χ4v) is 2.58. The summed E-state index contributed by atoms with van der Waals surface area (Å²) in [7, 11) is 0. The van der Waals surface area contributed by atoms with E-state index >= 15 is 0 Å². The first-order valence-electron chi connectivity index (χ1n) is 7.11. The van der Waals surface area contributed by atoms with Crippen LogP contribution in [0.25, 0.3) is 0 Å². The first-order valence-corrected chi connectivity index (χ1v) is 7.11. The minimum Gasteiger partial charge on any atom is -0.480 e. The Bertz CT molecular complexity index is 323. The molecule has 0 saturated heterocycles. The van der Waals surface area contributed by atoms with Crippen LogP contribution < -0.4 is 10.6 Å². The second-order valence-electron chi connectivity index (χ2n) is 6.26. The number of carboxylic acid groups (broad SMARTS) is 1. The largest absolute Gasteiger partial charge is 0.480 e. The number of amides is 2. The van der Waals surface area contributed by atoms with E-state index in [2.05, 4.69) is 17.6 Å². The molecule has 0 aliphatic heterocycles. The van der Waals surface area contributed by atoms with E-state index < -0.39 is 12.0 Å². The molecule has 0 heterocycles. The van der Waals surface area contributed by atoms with E-state index in [4.69, 9.17) is 5.11 Å². The van der Waals surface area contributed by atoms with Crippen LogP contribution in [0.3, 0.4) is 0 Å². The first kappa shape index (κ1) is 15.8. The molecule has 5 heteroatoms. The molecule has 1 atom stereocenters. The van der Waals surface area contributed by atoms with Crippen molar-refractivity contribution in [3.8, 4) is 0 Å². The lowest BCUT2D eigenvalue weighted by Crippen LogP contribution is -2.50. The number of urea groups is 1. The number of nitrogens with one attached hydrogen (secondary N) is 2. The van der Waals surface area contributed by atoms with Crippen LogP contribution in [0.15, 0.2) is 0 Å². The second-order valence-corrected chi connectivity index (χ2v) is 6.26. The van der Waals surface area contributed by atoms with Crippen molar-refractivity contribution in [2.75, 3.05) is 6.54 Å². The Hall–Kier alpha value is -1.26. The molecule has 1 fully saturated rings. The highest BCUT2D eigenvalue weighted by atomic mass is 16.4. The summed E-state index contributed by atoms with van der Waals surface area (Å²) < 4.78 is 0. The van der Waals surface area contributed by atoms with Gasteiger partial charge in [-0.3, -0.25) is 0 Å². The zero-order valence-electron chi connectivity index (χ0n) is 12.2. The fraction of sp³-hybridized carbons (Fsp3) is 0.857. The summed E-state index contributed by atoms with van der Waals surface area (Å²) in [6, 6.07) is -1.22. The lowest BCUT2D eigenvalue weighted by Gasteiger charge is -2.33. The van der Waals surface area contributed by atoms with Crippen molar-refractivity contribution < 1.29 is 14.7 Å². The molecule has 1 aliphatic carbocycles.